The van der Waals surface area contributed by atoms with Crippen molar-refractivity contribution < 1.29 is 4.79 Å². The normalized spacial score (nSPS) is 17.4. The molecule has 1 heterocycles. The van der Waals surface area contributed by atoms with E-state index in [4.69, 9.17) is 4.98 Å². The standard InChI is InChI=1S/C22H21N3O2S/c26-20(23-15-10-11-15)19(14-6-2-1-3-7-14)28-22-24-18-9-5-4-8-17(18)21(27)25(22)16-12-13-16/h1-9,15-16,19H,10-13H2,(H,23,26). The SMILES string of the molecule is O=C(NC1CC1)C(Sc1nc2ccccc2c(=O)n1C1CC1)c1ccccc1. The molecule has 2 aliphatic carbocycles. The molecule has 1 aromatic heterocycles. The Morgan fingerprint density at radius 2 is 1.75 bits per heavy atom. The first-order chi connectivity index (χ1) is 13.7. The number of amides is 1. The first-order valence-corrected chi connectivity index (χ1v) is 10.6. The van der Waals surface area contributed by atoms with Gasteiger partial charge in [-0.3, -0.25) is 14.2 Å². The Bertz CT molecular complexity index is 1090. The smallest absolute Gasteiger partial charge is 0.262 e. The summed E-state index contributed by atoms with van der Waals surface area (Å²) in [6.07, 6.45) is 4.05. The molecule has 142 valence electrons. The van der Waals surface area contributed by atoms with E-state index in [0.717, 1.165) is 31.2 Å². The van der Waals surface area contributed by atoms with Crippen molar-refractivity contribution in [2.24, 2.45) is 0 Å². The maximum Gasteiger partial charge on any atom is 0.262 e. The molecule has 28 heavy (non-hydrogen) atoms. The Hall–Kier alpha value is -2.60. The summed E-state index contributed by atoms with van der Waals surface area (Å²) in [5.41, 5.74) is 1.60. The second-order valence-corrected chi connectivity index (χ2v) is 8.58. The average Bonchev–Trinajstić information content (AvgIpc) is 3.62. The molecule has 2 saturated carbocycles. The largest absolute Gasteiger partial charge is 0.352 e. The highest BCUT2D eigenvalue weighted by molar-refractivity contribution is 8.00. The lowest BCUT2D eigenvalue weighted by Crippen LogP contribution is -2.30. The van der Waals surface area contributed by atoms with Crippen LogP contribution >= 0.6 is 11.8 Å². The third-order valence-electron chi connectivity index (χ3n) is 5.17. The molecule has 0 bridgehead atoms. The molecule has 2 aliphatic rings. The number of thioether (sulfide) groups is 1. The second-order valence-electron chi connectivity index (χ2n) is 7.51. The van der Waals surface area contributed by atoms with Gasteiger partial charge in [-0.1, -0.05) is 54.2 Å². The fourth-order valence-electron chi connectivity index (χ4n) is 3.37. The topological polar surface area (TPSA) is 64.0 Å². The molecule has 0 aliphatic heterocycles. The molecule has 2 fully saturated rings. The Kier molecular flexibility index (Phi) is 4.43. The van der Waals surface area contributed by atoms with Crippen molar-refractivity contribution in [1.29, 1.82) is 0 Å². The Balaban J connectivity index is 1.58. The number of nitrogens with one attached hydrogen (secondary N) is 1. The monoisotopic (exact) mass is 391 g/mol. The predicted octanol–water partition coefficient (Wildman–Crippen LogP) is 3.84. The summed E-state index contributed by atoms with van der Waals surface area (Å²) in [4.78, 5) is 30.9. The third-order valence-corrected chi connectivity index (χ3v) is 6.40. The number of benzene rings is 2. The third kappa shape index (κ3) is 3.44. The molecule has 1 amide bonds. The zero-order valence-corrected chi connectivity index (χ0v) is 16.2. The highest BCUT2D eigenvalue weighted by Crippen LogP contribution is 2.41. The summed E-state index contributed by atoms with van der Waals surface area (Å²) in [6, 6.07) is 17.7. The molecule has 2 aromatic carbocycles. The van der Waals surface area contributed by atoms with E-state index in [1.165, 1.54) is 11.8 Å². The van der Waals surface area contributed by atoms with Gasteiger partial charge in [0.1, 0.15) is 5.25 Å². The minimum atomic E-state index is -0.431. The average molecular weight is 391 g/mol. The first kappa shape index (κ1) is 17.5. The highest BCUT2D eigenvalue weighted by atomic mass is 32.2. The molecular formula is C22H21N3O2S. The molecule has 0 radical (unpaired) electrons. The first-order valence-electron chi connectivity index (χ1n) is 9.74. The van der Waals surface area contributed by atoms with Crippen molar-refractivity contribution in [1.82, 2.24) is 14.9 Å². The van der Waals surface area contributed by atoms with Crippen molar-refractivity contribution in [2.45, 2.75) is 48.2 Å². The number of nitrogens with zero attached hydrogens (tertiary/aromatic N) is 2. The summed E-state index contributed by atoms with van der Waals surface area (Å²) < 4.78 is 1.80. The van der Waals surface area contributed by atoms with E-state index in [2.05, 4.69) is 5.32 Å². The fraction of sp³-hybridized carbons (Fsp3) is 0.318. The van der Waals surface area contributed by atoms with Gasteiger partial charge in [0, 0.05) is 12.1 Å². The van der Waals surface area contributed by atoms with Gasteiger partial charge < -0.3 is 5.32 Å². The number of hydrogen-bond donors (Lipinski definition) is 1. The van der Waals surface area contributed by atoms with Gasteiger partial charge in [-0.25, -0.2) is 4.98 Å². The van der Waals surface area contributed by atoms with Gasteiger partial charge in [-0.05, 0) is 43.4 Å². The summed E-state index contributed by atoms with van der Waals surface area (Å²) >= 11 is 1.38. The van der Waals surface area contributed by atoms with Crippen LogP contribution in [0.2, 0.25) is 0 Å². The van der Waals surface area contributed by atoms with Crippen LogP contribution in [0, 0.1) is 0 Å². The van der Waals surface area contributed by atoms with Crippen LogP contribution in [-0.4, -0.2) is 21.5 Å². The maximum atomic E-state index is 13.1. The van der Waals surface area contributed by atoms with Crippen molar-refractivity contribution in [2.75, 3.05) is 0 Å². The molecular weight excluding hydrogens is 370 g/mol. The van der Waals surface area contributed by atoms with Crippen LogP contribution < -0.4 is 10.9 Å². The molecule has 5 nitrogen and oxygen atoms in total. The number of rotatable bonds is 6. The van der Waals surface area contributed by atoms with Crippen molar-refractivity contribution in [3.8, 4) is 0 Å². The maximum absolute atomic E-state index is 13.1. The van der Waals surface area contributed by atoms with Crippen LogP contribution in [0.5, 0.6) is 0 Å². The van der Waals surface area contributed by atoms with Crippen LogP contribution in [0.1, 0.15) is 42.5 Å². The van der Waals surface area contributed by atoms with Gasteiger partial charge in [0.25, 0.3) is 5.56 Å². The van der Waals surface area contributed by atoms with Gasteiger partial charge in [0.2, 0.25) is 5.91 Å². The molecule has 3 aromatic rings. The van der Waals surface area contributed by atoms with Crippen molar-refractivity contribution in [3.05, 3.63) is 70.5 Å². The molecule has 1 unspecified atom stereocenters. The van der Waals surface area contributed by atoms with Crippen LogP contribution in [-0.2, 0) is 4.79 Å². The molecule has 0 saturated heterocycles. The van der Waals surface area contributed by atoms with Crippen molar-refractivity contribution in [3.63, 3.8) is 0 Å². The van der Waals surface area contributed by atoms with Crippen LogP contribution in [0.25, 0.3) is 10.9 Å². The number of fused-ring (bicyclic) bond motifs is 1. The summed E-state index contributed by atoms with van der Waals surface area (Å²) in [6.45, 7) is 0. The molecule has 1 N–H and O–H groups in total. The highest BCUT2D eigenvalue weighted by Gasteiger charge is 2.33. The van der Waals surface area contributed by atoms with Crippen molar-refractivity contribution >= 4 is 28.6 Å². The summed E-state index contributed by atoms with van der Waals surface area (Å²) in [5, 5.41) is 3.95. The van der Waals surface area contributed by atoms with Crippen LogP contribution in [0.3, 0.4) is 0 Å². The lowest BCUT2D eigenvalue weighted by atomic mass is 10.1. The minimum Gasteiger partial charge on any atom is -0.352 e. The van der Waals surface area contributed by atoms with E-state index in [0.29, 0.717) is 16.1 Å². The summed E-state index contributed by atoms with van der Waals surface area (Å²) in [7, 11) is 0. The molecule has 5 rings (SSSR count). The quantitative estimate of drug-likeness (QED) is 0.512. The predicted molar refractivity (Wildman–Crippen MR) is 110 cm³/mol. The zero-order valence-electron chi connectivity index (χ0n) is 15.4. The van der Waals surface area contributed by atoms with E-state index >= 15 is 0 Å². The van der Waals surface area contributed by atoms with Gasteiger partial charge in [-0.2, -0.15) is 0 Å². The van der Waals surface area contributed by atoms with Gasteiger partial charge in [0.05, 0.1) is 10.9 Å². The number of hydrogen-bond acceptors (Lipinski definition) is 4. The lowest BCUT2D eigenvalue weighted by Gasteiger charge is -2.19. The number of carbonyl (C=O) groups is 1. The van der Waals surface area contributed by atoms with Gasteiger partial charge in [-0.15, -0.1) is 0 Å². The Morgan fingerprint density at radius 1 is 1.04 bits per heavy atom. The Labute approximate surface area is 167 Å². The zero-order chi connectivity index (χ0) is 19.1. The van der Waals surface area contributed by atoms with Gasteiger partial charge >= 0.3 is 0 Å². The van der Waals surface area contributed by atoms with E-state index in [-0.39, 0.29) is 23.6 Å². The number of carbonyl (C=O) groups excluding carboxylic acids is 1. The second kappa shape index (κ2) is 7.09. The van der Waals surface area contributed by atoms with E-state index in [1.807, 2.05) is 54.6 Å². The lowest BCUT2D eigenvalue weighted by molar-refractivity contribution is -0.120. The van der Waals surface area contributed by atoms with E-state index in [1.54, 1.807) is 4.57 Å². The van der Waals surface area contributed by atoms with E-state index < -0.39 is 5.25 Å². The molecule has 1 atom stereocenters. The summed E-state index contributed by atoms with van der Waals surface area (Å²) in [5.74, 6) is -0.0107. The van der Waals surface area contributed by atoms with Crippen LogP contribution in [0.15, 0.2) is 64.5 Å². The number of para-hydroxylation sites is 1. The Morgan fingerprint density at radius 3 is 2.46 bits per heavy atom. The number of aromatic nitrogens is 2. The molecule has 0 spiro atoms. The fourth-order valence-corrected chi connectivity index (χ4v) is 4.55. The van der Waals surface area contributed by atoms with Crippen LogP contribution in [0.4, 0.5) is 0 Å². The van der Waals surface area contributed by atoms with Gasteiger partial charge in [0.15, 0.2) is 5.16 Å². The van der Waals surface area contributed by atoms with E-state index in [9.17, 15) is 9.59 Å². The minimum absolute atomic E-state index is 0.00925. The molecule has 6 heteroatoms.